The van der Waals surface area contributed by atoms with Gasteiger partial charge in [-0.3, -0.25) is 4.79 Å². The topological polar surface area (TPSA) is 25.2 Å². The minimum absolute atomic E-state index is 0.129. The summed E-state index contributed by atoms with van der Waals surface area (Å²) in [4.78, 5) is 15.2. The molecule has 1 heterocycles. The zero-order valence-corrected chi connectivity index (χ0v) is 17.6. The van der Waals surface area contributed by atoms with E-state index in [0.717, 1.165) is 28.3 Å². The lowest BCUT2D eigenvalue weighted by Crippen LogP contribution is -2.35. The van der Waals surface area contributed by atoms with Crippen LogP contribution in [-0.4, -0.2) is 21.9 Å². The van der Waals surface area contributed by atoms with Gasteiger partial charge in [0.15, 0.2) is 0 Å². The molecule has 0 aliphatic heterocycles. The summed E-state index contributed by atoms with van der Waals surface area (Å²) < 4.78 is 2.15. The van der Waals surface area contributed by atoms with Gasteiger partial charge in [-0.2, -0.15) is 0 Å². The van der Waals surface area contributed by atoms with Crippen molar-refractivity contribution in [2.24, 2.45) is 0 Å². The van der Waals surface area contributed by atoms with E-state index < -0.39 is 0 Å². The Bertz CT molecular complexity index is 948. The van der Waals surface area contributed by atoms with Crippen LogP contribution < -0.4 is 0 Å². The Morgan fingerprint density at radius 3 is 2.52 bits per heavy atom. The first-order valence-electron chi connectivity index (χ1n) is 9.96. The van der Waals surface area contributed by atoms with Crippen LogP contribution in [0.5, 0.6) is 0 Å². The van der Waals surface area contributed by atoms with Gasteiger partial charge in [-0.15, -0.1) is 6.58 Å². The van der Waals surface area contributed by atoms with Gasteiger partial charge in [0, 0.05) is 30.0 Å². The molecule has 3 nitrogen and oxygen atoms in total. The summed E-state index contributed by atoms with van der Waals surface area (Å²) in [7, 11) is 0. The number of hydrogen-bond acceptors (Lipinski definition) is 1. The summed E-state index contributed by atoms with van der Waals surface area (Å²) in [5.41, 5.74) is 3.19. The summed E-state index contributed by atoms with van der Waals surface area (Å²) in [5, 5.41) is 0.751. The standard InChI is InChI=1S/C25H27ClN2O/c1-3-16-28(25(29)23(4-2)20-11-6-5-7-12-20)19-22-14-10-17-27(22)18-21-13-8-9-15-24(21)26/h3,5-15,17,23H,1,4,16,18-19H2,2H3. The fourth-order valence-electron chi connectivity index (χ4n) is 3.60. The van der Waals surface area contributed by atoms with Gasteiger partial charge in [0.1, 0.15) is 0 Å². The molecule has 0 fully saturated rings. The third kappa shape index (κ3) is 5.18. The quantitative estimate of drug-likeness (QED) is 0.406. The van der Waals surface area contributed by atoms with Crippen molar-refractivity contribution in [1.29, 1.82) is 0 Å². The van der Waals surface area contributed by atoms with Crippen molar-refractivity contribution < 1.29 is 4.79 Å². The minimum atomic E-state index is -0.150. The van der Waals surface area contributed by atoms with E-state index in [1.54, 1.807) is 6.08 Å². The monoisotopic (exact) mass is 406 g/mol. The number of carbonyl (C=O) groups is 1. The van der Waals surface area contributed by atoms with Gasteiger partial charge >= 0.3 is 0 Å². The molecule has 0 aliphatic rings. The molecular weight excluding hydrogens is 380 g/mol. The van der Waals surface area contributed by atoms with Crippen LogP contribution in [-0.2, 0) is 17.9 Å². The molecule has 1 aromatic heterocycles. The highest BCUT2D eigenvalue weighted by Gasteiger charge is 2.24. The second-order valence-corrected chi connectivity index (χ2v) is 7.50. The van der Waals surface area contributed by atoms with Crippen LogP contribution in [0.4, 0.5) is 0 Å². The van der Waals surface area contributed by atoms with Gasteiger partial charge in [0.2, 0.25) is 5.91 Å². The Morgan fingerprint density at radius 1 is 1.10 bits per heavy atom. The number of amides is 1. The number of benzene rings is 2. The van der Waals surface area contributed by atoms with Gasteiger partial charge in [-0.1, -0.05) is 73.1 Å². The average molecular weight is 407 g/mol. The Hall–Kier alpha value is -2.78. The highest BCUT2D eigenvalue weighted by atomic mass is 35.5. The zero-order valence-electron chi connectivity index (χ0n) is 16.8. The van der Waals surface area contributed by atoms with Crippen LogP contribution in [0.3, 0.4) is 0 Å². The molecule has 1 amide bonds. The molecule has 4 heteroatoms. The largest absolute Gasteiger partial charge is 0.345 e. The summed E-state index contributed by atoms with van der Waals surface area (Å²) >= 11 is 6.34. The first-order chi connectivity index (χ1) is 14.1. The lowest BCUT2D eigenvalue weighted by molar-refractivity contribution is -0.133. The van der Waals surface area contributed by atoms with Crippen molar-refractivity contribution in [2.45, 2.75) is 32.4 Å². The molecule has 150 valence electrons. The number of hydrogen-bond donors (Lipinski definition) is 0. The molecule has 0 bridgehead atoms. The van der Waals surface area contributed by atoms with Crippen molar-refractivity contribution >= 4 is 17.5 Å². The van der Waals surface area contributed by atoms with Crippen molar-refractivity contribution in [3.63, 3.8) is 0 Å². The number of carbonyl (C=O) groups excluding carboxylic acids is 1. The molecule has 0 radical (unpaired) electrons. The van der Waals surface area contributed by atoms with Crippen molar-refractivity contribution in [3.05, 3.63) is 107 Å². The summed E-state index contributed by atoms with van der Waals surface area (Å²) in [6.45, 7) is 7.63. The van der Waals surface area contributed by atoms with Crippen molar-refractivity contribution in [2.75, 3.05) is 6.54 Å². The summed E-state index contributed by atoms with van der Waals surface area (Å²) in [6.07, 6.45) is 4.58. The van der Waals surface area contributed by atoms with Gasteiger partial charge in [0.25, 0.3) is 0 Å². The Labute approximate surface area is 178 Å². The Kier molecular flexibility index (Phi) is 7.31. The van der Waals surface area contributed by atoms with E-state index in [4.69, 9.17) is 11.6 Å². The van der Waals surface area contributed by atoms with Gasteiger partial charge in [-0.05, 0) is 35.7 Å². The van der Waals surface area contributed by atoms with Crippen molar-refractivity contribution in [1.82, 2.24) is 9.47 Å². The second kappa shape index (κ2) is 10.1. The van der Waals surface area contributed by atoms with Crippen LogP contribution in [0.15, 0.2) is 85.6 Å². The smallest absolute Gasteiger partial charge is 0.230 e. The summed E-state index contributed by atoms with van der Waals surface area (Å²) in [6, 6.07) is 21.9. The molecule has 0 spiro atoms. The number of halogens is 1. The van der Waals surface area contributed by atoms with Crippen molar-refractivity contribution in [3.8, 4) is 0 Å². The first-order valence-corrected chi connectivity index (χ1v) is 10.3. The maximum Gasteiger partial charge on any atom is 0.230 e. The van der Waals surface area contributed by atoms with Gasteiger partial charge in [-0.25, -0.2) is 0 Å². The zero-order chi connectivity index (χ0) is 20.6. The number of nitrogens with zero attached hydrogens (tertiary/aromatic N) is 2. The molecule has 0 saturated carbocycles. The van der Waals surface area contributed by atoms with E-state index in [2.05, 4.69) is 24.1 Å². The molecule has 1 unspecified atom stereocenters. The van der Waals surface area contributed by atoms with Crippen LogP contribution in [0.2, 0.25) is 5.02 Å². The summed E-state index contributed by atoms with van der Waals surface area (Å²) in [5.74, 6) is -0.0211. The van der Waals surface area contributed by atoms with E-state index in [1.165, 1.54) is 0 Å². The highest BCUT2D eigenvalue weighted by Crippen LogP contribution is 2.24. The number of aromatic nitrogens is 1. The minimum Gasteiger partial charge on any atom is -0.345 e. The van der Waals surface area contributed by atoms with Crippen LogP contribution in [0, 0.1) is 0 Å². The van der Waals surface area contributed by atoms with E-state index in [0.29, 0.717) is 19.6 Å². The molecule has 3 rings (SSSR count). The maximum atomic E-state index is 13.4. The molecule has 3 aromatic rings. The van der Waals surface area contributed by atoms with E-state index in [1.807, 2.05) is 71.8 Å². The molecule has 2 aromatic carbocycles. The predicted octanol–water partition coefficient (Wildman–Crippen LogP) is 5.90. The highest BCUT2D eigenvalue weighted by molar-refractivity contribution is 6.31. The predicted molar refractivity (Wildman–Crippen MR) is 120 cm³/mol. The lowest BCUT2D eigenvalue weighted by Gasteiger charge is -2.27. The third-order valence-corrected chi connectivity index (χ3v) is 5.51. The van der Waals surface area contributed by atoms with Crippen LogP contribution in [0.25, 0.3) is 0 Å². The Morgan fingerprint density at radius 2 is 1.83 bits per heavy atom. The fourth-order valence-corrected chi connectivity index (χ4v) is 3.80. The third-order valence-electron chi connectivity index (χ3n) is 5.14. The van der Waals surface area contributed by atoms with Crippen LogP contribution >= 0.6 is 11.6 Å². The van der Waals surface area contributed by atoms with E-state index >= 15 is 0 Å². The number of rotatable bonds is 9. The van der Waals surface area contributed by atoms with Crippen LogP contribution in [0.1, 0.15) is 36.1 Å². The van der Waals surface area contributed by atoms with Gasteiger partial charge in [0.05, 0.1) is 12.5 Å². The maximum absolute atomic E-state index is 13.4. The molecule has 0 saturated heterocycles. The molecule has 29 heavy (non-hydrogen) atoms. The van der Waals surface area contributed by atoms with E-state index in [9.17, 15) is 4.79 Å². The fraction of sp³-hybridized carbons (Fsp3) is 0.240. The molecule has 0 N–H and O–H groups in total. The molecular formula is C25H27ClN2O. The Balaban J connectivity index is 1.81. The van der Waals surface area contributed by atoms with E-state index in [-0.39, 0.29) is 11.8 Å². The SMILES string of the molecule is C=CCN(Cc1cccn1Cc1ccccc1Cl)C(=O)C(CC)c1ccccc1. The lowest BCUT2D eigenvalue weighted by atomic mass is 9.95. The molecule has 1 atom stereocenters. The molecule has 0 aliphatic carbocycles. The van der Waals surface area contributed by atoms with Gasteiger partial charge < -0.3 is 9.47 Å². The normalized spacial score (nSPS) is 11.8. The second-order valence-electron chi connectivity index (χ2n) is 7.10. The average Bonchev–Trinajstić information content (AvgIpc) is 3.17. The first kappa shape index (κ1) is 20.9.